The number of rotatable bonds is 5. The molecule has 64 valence electrons. The van der Waals surface area contributed by atoms with Gasteiger partial charge in [-0.05, 0) is 13.3 Å². The first kappa shape index (κ1) is 10.3. The number of hydrogen-bond donors (Lipinski definition) is 0. The van der Waals surface area contributed by atoms with Crippen molar-refractivity contribution in [3.05, 3.63) is 0 Å². The molecule has 0 atom stereocenters. The first-order chi connectivity index (χ1) is 5.41. The Kier molecular flexibility index (Phi) is 8.74. The van der Waals surface area contributed by atoms with E-state index in [4.69, 9.17) is 9.47 Å². The second kappa shape index (κ2) is 9.32. The highest BCUT2D eigenvalue weighted by Crippen LogP contribution is 1.81. The Bertz CT molecular complexity index is 121. The minimum absolute atomic E-state index is 0.574. The summed E-state index contributed by atoms with van der Waals surface area (Å²) in [4.78, 5) is 0. The average molecular weight is 156 g/mol. The van der Waals surface area contributed by atoms with Crippen molar-refractivity contribution in [1.82, 2.24) is 0 Å². The molecule has 0 radical (unpaired) electrons. The molecule has 0 spiro atoms. The molecule has 0 heterocycles. The first-order valence-corrected chi connectivity index (χ1v) is 4.09. The maximum atomic E-state index is 5.05. The van der Waals surface area contributed by atoms with Crippen LogP contribution in [0.25, 0.3) is 0 Å². The molecule has 11 heavy (non-hydrogen) atoms. The zero-order valence-corrected chi connectivity index (χ0v) is 7.35. The van der Waals surface area contributed by atoms with Gasteiger partial charge >= 0.3 is 0 Å². The van der Waals surface area contributed by atoms with Gasteiger partial charge in [0.15, 0.2) is 0 Å². The predicted molar refractivity (Wildman–Crippen MR) is 45.1 cm³/mol. The lowest BCUT2D eigenvalue weighted by atomic mass is 10.4. The number of unbranched alkanes of at least 4 members (excludes halogenated alkanes) is 1. The summed E-state index contributed by atoms with van der Waals surface area (Å²) in [5.41, 5.74) is 0. The normalized spacial score (nSPS) is 8.55. The van der Waals surface area contributed by atoms with E-state index in [0.717, 1.165) is 19.4 Å². The van der Waals surface area contributed by atoms with Gasteiger partial charge < -0.3 is 9.47 Å². The summed E-state index contributed by atoms with van der Waals surface area (Å²) in [5, 5.41) is 0. The van der Waals surface area contributed by atoms with Gasteiger partial charge in [0, 0.05) is 13.0 Å². The van der Waals surface area contributed by atoms with Crippen LogP contribution in [-0.2, 0) is 9.47 Å². The molecule has 0 rings (SSSR count). The van der Waals surface area contributed by atoms with Crippen LogP contribution in [0.2, 0.25) is 0 Å². The van der Waals surface area contributed by atoms with E-state index in [0.29, 0.717) is 13.2 Å². The van der Waals surface area contributed by atoms with Crippen LogP contribution >= 0.6 is 0 Å². The third kappa shape index (κ3) is 9.32. The van der Waals surface area contributed by atoms with Gasteiger partial charge in [0.25, 0.3) is 0 Å². The number of ether oxygens (including phenoxy) is 2. The van der Waals surface area contributed by atoms with Crippen LogP contribution in [-0.4, -0.2) is 19.8 Å². The summed E-state index contributed by atoms with van der Waals surface area (Å²) >= 11 is 0. The van der Waals surface area contributed by atoms with Crippen LogP contribution in [0.1, 0.15) is 26.7 Å². The molecule has 2 heteroatoms. The molecule has 0 N–H and O–H groups in total. The van der Waals surface area contributed by atoms with Crippen LogP contribution in [0.3, 0.4) is 0 Å². The third-order valence-electron chi connectivity index (χ3n) is 1.05. The Balaban J connectivity index is 2.96. The third-order valence-corrected chi connectivity index (χ3v) is 1.05. The van der Waals surface area contributed by atoms with E-state index in [1.165, 1.54) is 0 Å². The minimum atomic E-state index is 0.574. The van der Waals surface area contributed by atoms with Crippen LogP contribution in [0.15, 0.2) is 0 Å². The Morgan fingerprint density at radius 2 is 2.00 bits per heavy atom. The van der Waals surface area contributed by atoms with Gasteiger partial charge in [-0.3, -0.25) is 0 Å². The number of hydrogen-bond acceptors (Lipinski definition) is 2. The van der Waals surface area contributed by atoms with Gasteiger partial charge in [0.1, 0.15) is 12.7 Å². The molecule has 0 aliphatic heterocycles. The van der Waals surface area contributed by atoms with Gasteiger partial charge in [0.05, 0.1) is 6.61 Å². The van der Waals surface area contributed by atoms with E-state index < -0.39 is 0 Å². The highest BCUT2D eigenvalue weighted by atomic mass is 16.5. The fraction of sp³-hybridized carbons (Fsp3) is 0.778. The van der Waals surface area contributed by atoms with E-state index >= 15 is 0 Å². The largest absolute Gasteiger partial charge is 0.444 e. The van der Waals surface area contributed by atoms with Crippen molar-refractivity contribution in [3.8, 4) is 12.0 Å². The van der Waals surface area contributed by atoms with E-state index in [2.05, 4.69) is 19.0 Å². The molecule has 0 fully saturated rings. The zero-order valence-electron chi connectivity index (χ0n) is 7.35. The van der Waals surface area contributed by atoms with Crippen molar-refractivity contribution in [1.29, 1.82) is 0 Å². The zero-order chi connectivity index (χ0) is 8.36. The second-order valence-electron chi connectivity index (χ2n) is 2.07. The summed E-state index contributed by atoms with van der Waals surface area (Å²) < 4.78 is 10.00. The highest BCUT2D eigenvalue weighted by molar-refractivity contribution is 4.90. The summed E-state index contributed by atoms with van der Waals surface area (Å²) in [6.45, 7) is 6.01. The molecule has 0 aromatic rings. The predicted octanol–water partition coefficient (Wildman–Crippen LogP) is 1.80. The Labute approximate surface area is 68.9 Å². The van der Waals surface area contributed by atoms with Crippen molar-refractivity contribution in [2.75, 3.05) is 19.8 Å². The monoisotopic (exact) mass is 156 g/mol. The summed E-state index contributed by atoms with van der Waals surface area (Å²) in [7, 11) is 0. The van der Waals surface area contributed by atoms with Gasteiger partial charge in [-0.15, -0.1) is 0 Å². The van der Waals surface area contributed by atoms with Crippen LogP contribution < -0.4 is 0 Å². The fourth-order valence-corrected chi connectivity index (χ4v) is 0.523. The molecular weight excluding hydrogens is 140 g/mol. The van der Waals surface area contributed by atoms with Crippen molar-refractivity contribution >= 4 is 0 Å². The van der Waals surface area contributed by atoms with E-state index in [1.807, 2.05) is 6.92 Å². The van der Waals surface area contributed by atoms with Crippen LogP contribution in [0.5, 0.6) is 0 Å². The second-order valence-corrected chi connectivity index (χ2v) is 2.07. The maximum Gasteiger partial charge on any atom is 0.123 e. The lowest BCUT2D eigenvalue weighted by Gasteiger charge is -1.96. The minimum Gasteiger partial charge on any atom is -0.444 e. The van der Waals surface area contributed by atoms with Crippen molar-refractivity contribution in [2.45, 2.75) is 26.7 Å². The molecule has 0 bridgehead atoms. The van der Waals surface area contributed by atoms with E-state index in [1.54, 1.807) is 0 Å². The highest BCUT2D eigenvalue weighted by Gasteiger charge is 1.81. The Morgan fingerprint density at radius 1 is 1.18 bits per heavy atom. The quantitative estimate of drug-likeness (QED) is 0.446. The Hall–Kier alpha value is -0.680. The molecule has 0 unspecified atom stereocenters. The van der Waals surface area contributed by atoms with Crippen molar-refractivity contribution in [3.63, 3.8) is 0 Å². The molecule has 0 aliphatic carbocycles. The summed E-state index contributed by atoms with van der Waals surface area (Å²) in [5.74, 6) is 2.88. The maximum absolute atomic E-state index is 5.05. The molecule has 0 aromatic heterocycles. The average Bonchev–Trinajstić information content (AvgIpc) is 2.03. The molecule has 0 aromatic carbocycles. The Morgan fingerprint density at radius 3 is 2.64 bits per heavy atom. The van der Waals surface area contributed by atoms with Gasteiger partial charge in [0.2, 0.25) is 0 Å². The van der Waals surface area contributed by atoms with Crippen LogP contribution in [0, 0.1) is 12.0 Å². The molecule has 0 saturated carbocycles. The van der Waals surface area contributed by atoms with Gasteiger partial charge in [-0.2, -0.15) is 0 Å². The molecule has 2 nitrogen and oxygen atoms in total. The van der Waals surface area contributed by atoms with E-state index in [-0.39, 0.29) is 0 Å². The van der Waals surface area contributed by atoms with E-state index in [9.17, 15) is 0 Å². The molecule has 0 aliphatic rings. The SMILES string of the molecule is CCCC#COCCOCC. The van der Waals surface area contributed by atoms with Crippen molar-refractivity contribution < 1.29 is 9.47 Å². The summed E-state index contributed by atoms with van der Waals surface area (Å²) in [6.07, 6.45) is 4.61. The fourth-order valence-electron chi connectivity index (χ4n) is 0.523. The van der Waals surface area contributed by atoms with Crippen LogP contribution in [0.4, 0.5) is 0 Å². The lowest BCUT2D eigenvalue weighted by Crippen LogP contribution is -2.00. The molecule has 0 amide bonds. The smallest absolute Gasteiger partial charge is 0.123 e. The lowest BCUT2D eigenvalue weighted by molar-refractivity contribution is 0.0999. The summed E-state index contributed by atoms with van der Waals surface area (Å²) in [6, 6.07) is 0. The van der Waals surface area contributed by atoms with Gasteiger partial charge in [-0.25, -0.2) is 0 Å². The molecular formula is C9H16O2. The topological polar surface area (TPSA) is 18.5 Å². The van der Waals surface area contributed by atoms with Crippen molar-refractivity contribution in [2.24, 2.45) is 0 Å². The molecule has 0 saturated heterocycles. The first-order valence-electron chi connectivity index (χ1n) is 4.09. The standard InChI is InChI=1S/C9H16O2/c1-3-5-6-7-11-9-8-10-4-2/h3-5,8-9H2,1-2H3. The van der Waals surface area contributed by atoms with Gasteiger partial charge in [-0.1, -0.05) is 12.8 Å².